The fourth-order valence-corrected chi connectivity index (χ4v) is 2.62. The van der Waals surface area contributed by atoms with Gasteiger partial charge in [0.25, 0.3) is 0 Å². The van der Waals surface area contributed by atoms with Crippen LogP contribution in [0.4, 0.5) is 4.39 Å². The van der Waals surface area contributed by atoms with E-state index in [2.05, 4.69) is 5.32 Å². The van der Waals surface area contributed by atoms with E-state index in [0.717, 1.165) is 12.0 Å². The molecule has 0 bridgehead atoms. The first-order valence-electron chi connectivity index (χ1n) is 6.60. The molecule has 2 nitrogen and oxygen atoms in total. The number of phenolic OH excluding ortho intramolecular Hbond substituents is 1. The second kappa shape index (κ2) is 7.12. The lowest BCUT2D eigenvalue weighted by Crippen LogP contribution is -2.27. The summed E-state index contributed by atoms with van der Waals surface area (Å²) in [5, 5.41) is 13.9. The van der Waals surface area contributed by atoms with E-state index in [4.69, 9.17) is 23.2 Å². The maximum absolute atomic E-state index is 12.8. The SMILES string of the molecule is CC(Cc1ccc(F)cc1)NCc1cc(Cl)cc(Cl)c1O. The first-order chi connectivity index (χ1) is 9.95. The third-order valence-corrected chi connectivity index (χ3v) is 3.71. The van der Waals surface area contributed by atoms with Gasteiger partial charge in [-0.15, -0.1) is 0 Å². The highest BCUT2D eigenvalue weighted by Crippen LogP contribution is 2.31. The topological polar surface area (TPSA) is 32.3 Å². The Labute approximate surface area is 133 Å². The van der Waals surface area contributed by atoms with Crippen LogP contribution in [-0.2, 0) is 13.0 Å². The van der Waals surface area contributed by atoms with Crippen molar-refractivity contribution < 1.29 is 9.50 Å². The number of hydrogen-bond acceptors (Lipinski definition) is 2. The third kappa shape index (κ3) is 4.60. The Kier molecular flexibility index (Phi) is 5.45. The second-order valence-corrected chi connectivity index (χ2v) is 5.85. The van der Waals surface area contributed by atoms with Crippen molar-refractivity contribution in [2.45, 2.75) is 25.9 Å². The first-order valence-corrected chi connectivity index (χ1v) is 7.36. The molecular weight excluding hydrogens is 312 g/mol. The Morgan fingerprint density at radius 3 is 2.52 bits per heavy atom. The molecule has 0 saturated carbocycles. The molecule has 0 aromatic heterocycles. The number of rotatable bonds is 5. The summed E-state index contributed by atoms with van der Waals surface area (Å²) in [7, 11) is 0. The molecule has 2 aromatic carbocycles. The van der Waals surface area contributed by atoms with Crippen molar-refractivity contribution in [3.05, 3.63) is 63.4 Å². The van der Waals surface area contributed by atoms with Crippen molar-refractivity contribution in [1.29, 1.82) is 0 Å². The summed E-state index contributed by atoms with van der Waals surface area (Å²) in [6.45, 7) is 2.47. The molecule has 2 N–H and O–H groups in total. The standard InChI is InChI=1S/C16H16Cl2FNO/c1-10(6-11-2-4-14(19)5-3-11)20-9-12-7-13(17)8-15(18)16(12)21/h2-5,7-8,10,20-21H,6,9H2,1H3. The summed E-state index contributed by atoms with van der Waals surface area (Å²) in [4.78, 5) is 0. The molecule has 0 fully saturated rings. The zero-order valence-electron chi connectivity index (χ0n) is 11.5. The number of nitrogens with one attached hydrogen (secondary N) is 1. The van der Waals surface area contributed by atoms with Gasteiger partial charge in [0.05, 0.1) is 5.02 Å². The van der Waals surface area contributed by atoms with Crippen LogP contribution in [-0.4, -0.2) is 11.1 Å². The van der Waals surface area contributed by atoms with Gasteiger partial charge < -0.3 is 10.4 Å². The van der Waals surface area contributed by atoms with E-state index in [0.29, 0.717) is 17.1 Å². The predicted octanol–water partition coefficient (Wildman–Crippen LogP) is 4.56. The van der Waals surface area contributed by atoms with Gasteiger partial charge in [-0.1, -0.05) is 35.3 Å². The van der Waals surface area contributed by atoms with E-state index in [9.17, 15) is 9.50 Å². The largest absolute Gasteiger partial charge is 0.506 e. The molecule has 0 amide bonds. The normalized spacial score (nSPS) is 12.4. The van der Waals surface area contributed by atoms with E-state index in [1.54, 1.807) is 18.2 Å². The number of phenols is 1. The summed E-state index contributed by atoms with van der Waals surface area (Å²) in [5.74, 6) is -0.194. The fourth-order valence-electron chi connectivity index (χ4n) is 2.08. The number of benzene rings is 2. The van der Waals surface area contributed by atoms with Crippen molar-refractivity contribution in [3.63, 3.8) is 0 Å². The molecule has 1 unspecified atom stereocenters. The van der Waals surface area contributed by atoms with Crippen molar-refractivity contribution in [3.8, 4) is 5.75 Å². The lowest BCUT2D eigenvalue weighted by Gasteiger charge is -2.15. The highest BCUT2D eigenvalue weighted by Gasteiger charge is 2.10. The van der Waals surface area contributed by atoms with Gasteiger partial charge in [-0.25, -0.2) is 4.39 Å². The van der Waals surface area contributed by atoms with Crippen LogP contribution in [0.1, 0.15) is 18.1 Å². The maximum atomic E-state index is 12.8. The van der Waals surface area contributed by atoms with Crippen molar-refractivity contribution in [1.82, 2.24) is 5.32 Å². The maximum Gasteiger partial charge on any atom is 0.138 e. The highest BCUT2D eigenvalue weighted by molar-refractivity contribution is 6.35. The second-order valence-electron chi connectivity index (χ2n) is 5.01. The zero-order chi connectivity index (χ0) is 15.4. The summed E-state index contributed by atoms with van der Waals surface area (Å²) in [5.41, 5.74) is 1.70. The monoisotopic (exact) mass is 327 g/mol. The van der Waals surface area contributed by atoms with E-state index < -0.39 is 0 Å². The van der Waals surface area contributed by atoms with Crippen molar-refractivity contribution >= 4 is 23.2 Å². The van der Waals surface area contributed by atoms with Crippen LogP contribution < -0.4 is 5.32 Å². The van der Waals surface area contributed by atoms with Crippen LogP contribution in [0.25, 0.3) is 0 Å². The summed E-state index contributed by atoms with van der Waals surface area (Å²) >= 11 is 11.8. The highest BCUT2D eigenvalue weighted by atomic mass is 35.5. The quantitative estimate of drug-likeness (QED) is 0.843. The predicted molar refractivity (Wildman–Crippen MR) is 84.5 cm³/mol. The van der Waals surface area contributed by atoms with Gasteiger partial charge in [0, 0.05) is 23.2 Å². The summed E-state index contributed by atoms with van der Waals surface area (Å²) in [6.07, 6.45) is 0.759. The Bertz CT molecular complexity index is 616. The molecule has 0 aliphatic heterocycles. The van der Waals surface area contributed by atoms with Gasteiger partial charge in [-0.05, 0) is 43.2 Å². The summed E-state index contributed by atoms with van der Waals surface area (Å²) < 4.78 is 12.8. The number of halogens is 3. The molecule has 5 heteroatoms. The molecule has 0 saturated heterocycles. The Morgan fingerprint density at radius 2 is 1.86 bits per heavy atom. The molecule has 0 radical (unpaired) electrons. The average molecular weight is 328 g/mol. The van der Waals surface area contributed by atoms with Crippen LogP contribution in [0.15, 0.2) is 36.4 Å². The van der Waals surface area contributed by atoms with Gasteiger partial charge in [0.1, 0.15) is 11.6 Å². The van der Waals surface area contributed by atoms with Gasteiger partial charge in [0.15, 0.2) is 0 Å². The minimum Gasteiger partial charge on any atom is -0.506 e. The Morgan fingerprint density at radius 1 is 1.19 bits per heavy atom. The zero-order valence-corrected chi connectivity index (χ0v) is 13.0. The lowest BCUT2D eigenvalue weighted by atomic mass is 10.1. The van der Waals surface area contributed by atoms with Crippen molar-refractivity contribution in [2.75, 3.05) is 0 Å². The lowest BCUT2D eigenvalue weighted by molar-refractivity contribution is 0.459. The average Bonchev–Trinajstić information content (AvgIpc) is 2.44. The van der Waals surface area contributed by atoms with Crippen LogP contribution >= 0.6 is 23.2 Å². The molecule has 2 aromatic rings. The van der Waals surface area contributed by atoms with E-state index in [1.807, 2.05) is 6.92 Å². The van der Waals surface area contributed by atoms with Gasteiger partial charge in [0.2, 0.25) is 0 Å². The molecule has 0 aliphatic carbocycles. The number of aromatic hydroxyl groups is 1. The van der Waals surface area contributed by atoms with Crippen LogP contribution in [0.5, 0.6) is 5.75 Å². The molecule has 1 atom stereocenters. The molecule has 21 heavy (non-hydrogen) atoms. The minimum atomic E-state index is -0.238. The summed E-state index contributed by atoms with van der Waals surface area (Å²) in [6, 6.07) is 9.77. The number of hydrogen-bond donors (Lipinski definition) is 2. The van der Waals surface area contributed by atoms with E-state index >= 15 is 0 Å². The molecule has 0 aliphatic rings. The van der Waals surface area contributed by atoms with Gasteiger partial charge in [-0.3, -0.25) is 0 Å². The molecule has 0 heterocycles. The van der Waals surface area contributed by atoms with Crippen LogP contribution in [0.2, 0.25) is 10.0 Å². The van der Waals surface area contributed by atoms with Crippen molar-refractivity contribution in [2.24, 2.45) is 0 Å². The molecular formula is C16H16Cl2FNO. The van der Waals surface area contributed by atoms with Gasteiger partial charge in [-0.2, -0.15) is 0 Å². The minimum absolute atomic E-state index is 0.0440. The smallest absolute Gasteiger partial charge is 0.138 e. The van der Waals surface area contributed by atoms with Crippen LogP contribution in [0.3, 0.4) is 0 Å². The fraction of sp³-hybridized carbons (Fsp3) is 0.250. The van der Waals surface area contributed by atoms with Crippen LogP contribution in [0, 0.1) is 5.82 Å². The molecule has 112 valence electrons. The van der Waals surface area contributed by atoms with Gasteiger partial charge >= 0.3 is 0 Å². The molecule has 0 spiro atoms. The van der Waals surface area contributed by atoms with E-state index in [1.165, 1.54) is 18.2 Å². The first kappa shape index (κ1) is 16.1. The Hall–Kier alpha value is -1.29. The Balaban J connectivity index is 1.95. The third-order valence-electron chi connectivity index (χ3n) is 3.20. The molecule has 2 rings (SSSR count). The van der Waals surface area contributed by atoms with E-state index in [-0.39, 0.29) is 22.6 Å².